The Morgan fingerprint density at radius 1 is 1.21 bits per heavy atom. The number of allylic oxidation sites excluding steroid dienone is 1. The Hall–Kier alpha value is -1.97. The average Bonchev–Trinajstić information content (AvgIpc) is 3.30. The highest BCUT2D eigenvalue weighted by Crippen LogP contribution is 2.81. The van der Waals surface area contributed by atoms with Gasteiger partial charge in [0.1, 0.15) is 11.7 Å². The number of aliphatic hydroxyl groups excluding tert-OH is 1. The summed E-state index contributed by atoms with van der Waals surface area (Å²) in [6.45, 7) is 9.69. The maximum atomic E-state index is 12.9. The van der Waals surface area contributed by atoms with E-state index in [4.69, 9.17) is 18.9 Å². The van der Waals surface area contributed by atoms with Gasteiger partial charge in [0.15, 0.2) is 22.9 Å². The number of epoxide rings is 1. The van der Waals surface area contributed by atoms with Gasteiger partial charge in [-0.2, -0.15) is 0 Å². The fourth-order valence-electron chi connectivity index (χ4n) is 8.06. The van der Waals surface area contributed by atoms with Crippen molar-refractivity contribution in [2.24, 2.45) is 17.3 Å². The van der Waals surface area contributed by atoms with Crippen LogP contribution in [0.15, 0.2) is 11.6 Å². The third-order valence-corrected chi connectivity index (χ3v) is 9.40. The van der Waals surface area contributed by atoms with E-state index >= 15 is 0 Å². The molecule has 1 spiro atoms. The third kappa shape index (κ3) is 2.22. The first-order chi connectivity index (χ1) is 15.2. The normalized spacial score (nSPS) is 55.6. The minimum Gasteiger partial charge on any atom is -0.462 e. The number of carbonyl (C=O) groups excluding carboxylic acids is 3. The molecule has 10 atom stereocenters. The van der Waals surface area contributed by atoms with Crippen LogP contribution in [0.1, 0.15) is 60.8 Å². The van der Waals surface area contributed by atoms with Crippen molar-refractivity contribution in [3.8, 4) is 0 Å². The number of aliphatic hydroxyl groups is 2. The van der Waals surface area contributed by atoms with Gasteiger partial charge in [0.05, 0.1) is 11.5 Å². The number of rotatable bonds is 2. The van der Waals surface area contributed by atoms with Gasteiger partial charge in [0.2, 0.25) is 0 Å². The van der Waals surface area contributed by atoms with E-state index in [0.717, 1.165) is 5.57 Å². The Labute approximate surface area is 192 Å². The molecule has 2 aliphatic heterocycles. The quantitative estimate of drug-likeness (QED) is 0.268. The molecular formula is C24H32O9. The van der Waals surface area contributed by atoms with Gasteiger partial charge < -0.3 is 29.2 Å². The molecule has 2 saturated carbocycles. The zero-order chi connectivity index (χ0) is 24.4. The minimum absolute atomic E-state index is 0.144. The highest BCUT2D eigenvalue weighted by atomic mass is 16.7. The fourth-order valence-corrected chi connectivity index (χ4v) is 8.06. The molecule has 0 aromatic rings. The van der Waals surface area contributed by atoms with Crippen LogP contribution in [0.4, 0.5) is 0 Å². The Morgan fingerprint density at radius 3 is 2.45 bits per heavy atom. The highest BCUT2D eigenvalue weighted by molar-refractivity contribution is 5.90. The lowest BCUT2D eigenvalue weighted by atomic mass is 9.30. The Bertz CT molecular complexity index is 990. The van der Waals surface area contributed by atoms with Gasteiger partial charge in [-0.05, 0) is 38.7 Å². The van der Waals surface area contributed by atoms with Crippen LogP contribution in [-0.2, 0) is 33.3 Å². The summed E-state index contributed by atoms with van der Waals surface area (Å²) < 4.78 is 23.6. The zero-order valence-electron chi connectivity index (χ0n) is 19.8. The molecule has 0 amide bonds. The lowest BCUT2D eigenvalue weighted by molar-refractivity contribution is -0.417. The number of hydrogen-bond donors (Lipinski definition) is 2. The summed E-state index contributed by atoms with van der Waals surface area (Å²) in [5, 5.41) is 23.7. The predicted molar refractivity (Wildman–Crippen MR) is 111 cm³/mol. The molecule has 182 valence electrons. The van der Waals surface area contributed by atoms with Crippen LogP contribution in [0.25, 0.3) is 0 Å². The molecule has 9 heteroatoms. The van der Waals surface area contributed by atoms with E-state index in [1.165, 1.54) is 13.8 Å². The number of esters is 3. The van der Waals surface area contributed by atoms with Gasteiger partial charge in [-0.1, -0.05) is 19.4 Å². The Morgan fingerprint density at radius 2 is 1.88 bits per heavy atom. The first-order valence-corrected chi connectivity index (χ1v) is 11.6. The van der Waals surface area contributed by atoms with E-state index < -0.39 is 75.9 Å². The van der Waals surface area contributed by atoms with Gasteiger partial charge in [-0.3, -0.25) is 9.59 Å². The van der Waals surface area contributed by atoms with Crippen LogP contribution < -0.4 is 0 Å². The standard InChI is InChI=1S/C24H32O9/c1-11-7-8-22(32-14(4)26)20(5)16(30-13(3)25)10-15(27)12(2)18(20)23(22,29)24-17(9-11)31-19(28)21(24,6)33-24/h9,12,15-18,27,29H,7-8,10H2,1-6H3/b11-9-/t12-,15-,16-,17-,18-,20-,21+,22+,23?,24+/m0/s1. The molecule has 0 aromatic carbocycles. The van der Waals surface area contributed by atoms with Crippen LogP contribution in [-0.4, -0.2) is 68.8 Å². The molecule has 4 fully saturated rings. The van der Waals surface area contributed by atoms with Gasteiger partial charge in [0, 0.05) is 26.2 Å². The van der Waals surface area contributed by atoms with Crippen molar-refractivity contribution < 1.29 is 43.5 Å². The van der Waals surface area contributed by atoms with Gasteiger partial charge >= 0.3 is 17.9 Å². The second-order valence-corrected chi connectivity index (χ2v) is 10.9. The molecule has 2 heterocycles. The summed E-state index contributed by atoms with van der Waals surface area (Å²) >= 11 is 0. The van der Waals surface area contributed by atoms with Crippen LogP contribution >= 0.6 is 0 Å². The molecule has 2 N–H and O–H groups in total. The average molecular weight is 465 g/mol. The van der Waals surface area contributed by atoms with E-state index in [1.54, 1.807) is 13.0 Å². The molecule has 0 aromatic heterocycles. The van der Waals surface area contributed by atoms with E-state index in [-0.39, 0.29) is 12.8 Å². The molecule has 5 rings (SSSR count). The maximum Gasteiger partial charge on any atom is 0.342 e. The summed E-state index contributed by atoms with van der Waals surface area (Å²) in [5.74, 6) is -2.88. The van der Waals surface area contributed by atoms with Crippen molar-refractivity contribution in [3.63, 3.8) is 0 Å². The molecule has 1 unspecified atom stereocenters. The van der Waals surface area contributed by atoms with Crippen LogP contribution in [0.5, 0.6) is 0 Å². The van der Waals surface area contributed by atoms with Crippen molar-refractivity contribution in [1.29, 1.82) is 0 Å². The lowest BCUT2D eigenvalue weighted by Crippen LogP contribution is -2.92. The summed E-state index contributed by atoms with van der Waals surface area (Å²) in [6, 6.07) is 0. The molecule has 9 nitrogen and oxygen atoms in total. The summed E-state index contributed by atoms with van der Waals surface area (Å²) in [5.41, 5.74) is -6.46. The van der Waals surface area contributed by atoms with Crippen LogP contribution in [0.2, 0.25) is 0 Å². The summed E-state index contributed by atoms with van der Waals surface area (Å²) in [4.78, 5) is 37.4. The Kier molecular flexibility index (Phi) is 4.40. The van der Waals surface area contributed by atoms with Crippen LogP contribution in [0.3, 0.4) is 0 Å². The van der Waals surface area contributed by atoms with Crippen molar-refractivity contribution >= 4 is 17.9 Å². The van der Waals surface area contributed by atoms with Crippen molar-refractivity contribution in [3.05, 3.63) is 11.6 Å². The van der Waals surface area contributed by atoms with Crippen molar-refractivity contribution in [1.82, 2.24) is 0 Å². The molecule has 0 radical (unpaired) electrons. The second kappa shape index (κ2) is 6.37. The third-order valence-electron chi connectivity index (χ3n) is 9.40. The monoisotopic (exact) mass is 464 g/mol. The first kappa shape index (κ1) is 22.8. The smallest absolute Gasteiger partial charge is 0.342 e. The number of carbonyl (C=O) groups is 3. The molecule has 0 bridgehead atoms. The van der Waals surface area contributed by atoms with E-state index in [9.17, 15) is 24.6 Å². The zero-order valence-corrected chi connectivity index (χ0v) is 19.8. The first-order valence-electron chi connectivity index (χ1n) is 11.6. The van der Waals surface area contributed by atoms with Crippen molar-refractivity contribution in [2.75, 3.05) is 0 Å². The molecule has 5 aliphatic rings. The summed E-state index contributed by atoms with van der Waals surface area (Å²) in [7, 11) is 0. The lowest BCUT2D eigenvalue weighted by Gasteiger charge is -2.77. The van der Waals surface area contributed by atoms with E-state index in [2.05, 4.69) is 0 Å². The maximum absolute atomic E-state index is 12.9. The van der Waals surface area contributed by atoms with Gasteiger partial charge in [-0.15, -0.1) is 0 Å². The number of ether oxygens (including phenoxy) is 4. The summed E-state index contributed by atoms with van der Waals surface area (Å²) in [6.07, 6.45) is 0.0717. The van der Waals surface area contributed by atoms with Gasteiger partial charge in [-0.25, -0.2) is 4.79 Å². The second-order valence-electron chi connectivity index (χ2n) is 10.9. The van der Waals surface area contributed by atoms with Gasteiger partial charge in [0.25, 0.3) is 0 Å². The van der Waals surface area contributed by atoms with E-state index in [0.29, 0.717) is 6.42 Å². The number of hydrogen-bond acceptors (Lipinski definition) is 9. The number of fused-ring (bicyclic) bond motifs is 4. The fraction of sp³-hybridized carbons (Fsp3) is 0.792. The Balaban J connectivity index is 1.79. The largest absolute Gasteiger partial charge is 0.462 e. The SMILES string of the molecule is CC(=O)O[C@H]1C[C@H](O)[C@H](C)[C@@H]2C3(O)[C@@](OC(C)=O)(CC/C(C)=C\[C@@H]4OC(=O)[C@@]5(C)O[C@@]435)[C@@]12C. The molecule has 2 saturated heterocycles. The molecule has 33 heavy (non-hydrogen) atoms. The highest BCUT2D eigenvalue weighted by Gasteiger charge is 3.00. The topological polar surface area (TPSA) is 132 Å². The van der Waals surface area contributed by atoms with Crippen molar-refractivity contribution in [2.45, 2.75) is 102 Å². The van der Waals surface area contributed by atoms with Crippen LogP contribution in [0, 0.1) is 17.3 Å². The van der Waals surface area contributed by atoms with E-state index in [1.807, 2.05) is 20.8 Å². The molecular weight excluding hydrogens is 432 g/mol. The minimum atomic E-state index is -1.87. The predicted octanol–water partition coefficient (Wildman–Crippen LogP) is 1.18. The molecule has 3 aliphatic carbocycles.